The lowest BCUT2D eigenvalue weighted by Gasteiger charge is -2.11. The Labute approximate surface area is 146 Å². The topological polar surface area (TPSA) is 114 Å². The average Bonchev–Trinajstić information content (AvgIpc) is 2.84. The third-order valence-electron chi connectivity index (χ3n) is 3.44. The summed E-state index contributed by atoms with van der Waals surface area (Å²) in [6, 6.07) is 2.64. The second-order valence-electron chi connectivity index (χ2n) is 5.58. The predicted molar refractivity (Wildman–Crippen MR) is 91.0 cm³/mol. The SMILES string of the molecule is CN(C)S(=O)(=O)c1ccc(SCC(=O)NC2CCS(=O)(=O)C2)nc1. The molecule has 0 aromatic carbocycles. The summed E-state index contributed by atoms with van der Waals surface area (Å²) in [4.78, 5) is 16.0. The van der Waals surface area contributed by atoms with Gasteiger partial charge in [0, 0.05) is 26.3 Å². The van der Waals surface area contributed by atoms with Crippen LogP contribution in [-0.2, 0) is 24.7 Å². The molecule has 11 heteroatoms. The van der Waals surface area contributed by atoms with Crippen LogP contribution in [0.3, 0.4) is 0 Å². The summed E-state index contributed by atoms with van der Waals surface area (Å²) in [5, 5.41) is 3.20. The summed E-state index contributed by atoms with van der Waals surface area (Å²) >= 11 is 1.16. The summed E-state index contributed by atoms with van der Waals surface area (Å²) in [5.74, 6) is -0.0924. The molecule has 1 saturated heterocycles. The molecule has 134 valence electrons. The normalized spacial score (nSPS) is 20.2. The van der Waals surface area contributed by atoms with Gasteiger partial charge in [0.15, 0.2) is 9.84 Å². The minimum absolute atomic E-state index is 0.0151. The fourth-order valence-corrected chi connectivity index (χ4v) is 5.31. The van der Waals surface area contributed by atoms with E-state index in [4.69, 9.17) is 0 Å². The zero-order chi connectivity index (χ0) is 18.0. The van der Waals surface area contributed by atoms with Crippen LogP contribution in [-0.4, -0.2) is 69.4 Å². The Morgan fingerprint density at radius 3 is 2.62 bits per heavy atom. The fourth-order valence-electron chi connectivity index (χ4n) is 2.13. The maximum atomic E-state index is 11.9. The molecular formula is C13H19N3O5S3. The Bertz CT molecular complexity index is 804. The number of hydrogen-bond donors (Lipinski definition) is 1. The number of carbonyl (C=O) groups excluding carboxylic acids is 1. The summed E-state index contributed by atoms with van der Waals surface area (Å²) < 4.78 is 47.6. The second-order valence-corrected chi connectivity index (χ2v) is 11.0. The van der Waals surface area contributed by atoms with E-state index < -0.39 is 19.9 Å². The van der Waals surface area contributed by atoms with Gasteiger partial charge < -0.3 is 5.32 Å². The van der Waals surface area contributed by atoms with Crippen LogP contribution >= 0.6 is 11.8 Å². The molecule has 24 heavy (non-hydrogen) atoms. The van der Waals surface area contributed by atoms with Crippen molar-refractivity contribution in [2.45, 2.75) is 22.4 Å². The van der Waals surface area contributed by atoms with Crippen LogP contribution in [0.4, 0.5) is 0 Å². The molecule has 0 bridgehead atoms. The molecule has 1 atom stereocenters. The molecule has 1 fully saturated rings. The first-order valence-corrected chi connectivity index (χ1v) is 11.4. The third-order valence-corrected chi connectivity index (χ3v) is 7.95. The molecule has 1 aliphatic rings. The number of nitrogens with zero attached hydrogens (tertiary/aromatic N) is 2. The number of sulfone groups is 1. The first kappa shape index (κ1) is 19.2. The number of nitrogens with one attached hydrogen (secondary N) is 1. The molecule has 1 unspecified atom stereocenters. The van der Waals surface area contributed by atoms with E-state index >= 15 is 0 Å². The van der Waals surface area contributed by atoms with Crippen LogP contribution < -0.4 is 5.32 Å². The quantitative estimate of drug-likeness (QED) is 0.662. The van der Waals surface area contributed by atoms with Gasteiger partial charge in [0.25, 0.3) is 0 Å². The highest BCUT2D eigenvalue weighted by molar-refractivity contribution is 7.99. The first-order valence-electron chi connectivity index (χ1n) is 7.11. The largest absolute Gasteiger partial charge is 0.352 e. The number of amides is 1. The molecule has 0 radical (unpaired) electrons. The number of sulfonamides is 1. The summed E-state index contributed by atoms with van der Waals surface area (Å²) in [7, 11) is -3.68. The molecule has 2 rings (SSSR count). The number of hydrogen-bond acceptors (Lipinski definition) is 7. The summed E-state index contributed by atoms with van der Waals surface area (Å²) in [5.41, 5.74) is 0. The van der Waals surface area contributed by atoms with Crippen LogP contribution in [0.2, 0.25) is 0 Å². The zero-order valence-electron chi connectivity index (χ0n) is 13.3. The number of thioether (sulfide) groups is 1. The molecule has 1 aromatic rings. The standard InChI is InChI=1S/C13H19N3O5S3/c1-16(2)24(20,21)11-3-4-13(14-7-11)22-8-12(17)15-10-5-6-23(18,19)9-10/h3-4,7,10H,5-6,8-9H2,1-2H3,(H,15,17). The minimum Gasteiger partial charge on any atom is -0.352 e. The molecule has 8 nitrogen and oxygen atoms in total. The van der Waals surface area contributed by atoms with Gasteiger partial charge in [-0.3, -0.25) is 4.79 Å². The predicted octanol–water partition coefficient (Wildman–Crippen LogP) is -0.273. The van der Waals surface area contributed by atoms with Crippen LogP contribution in [0, 0.1) is 0 Å². The van der Waals surface area contributed by atoms with Crippen molar-refractivity contribution in [2.24, 2.45) is 0 Å². The van der Waals surface area contributed by atoms with Gasteiger partial charge in [-0.15, -0.1) is 0 Å². The maximum Gasteiger partial charge on any atom is 0.244 e. The summed E-state index contributed by atoms with van der Waals surface area (Å²) in [6.45, 7) is 0. The van der Waals surface area contributed by atoms with Crippen LogP contribution in [0.25, 0.3) is 0 Å². The van der Waals surface area contributed by atoms with Gasteiger partial charge in [0.1, 0.15) is 4.90 Å². The van der Waals surface area contributed by atoms with E-state index in [2.05, 4.69) is 10.3 Å². The Balaban J connectivity index is 1.87. The third kappa shape index (κ3) is 4.91. The van der Waals surface area contributed by atoms with E-state index in [-0.39, 0.29) is 34.1 Å². The summed E-state index contributed by atoms with van der Waals surface area (Å²) in [6.07, 6.45) is 1.69. The smallest absolute Gasteiger partial charge is 0.244 e. The van der Waals surface area contributed by atoms with Crippen LogP contribution in [0.5, 0.6) is 0 Å². The number of rotatable bonds is 6. The lowest BCUT2D eigenvalue weighted by atomic mass is 10.3. The number of pyridine rings is 1. The highest BCUT2D eigenvalue weighted by Gasteiger charge is 2.28. The molecule has 0 spiro atoms. The minimum atomic E-state index is -3.53. The zero-order valence-corrected chi connectivity index (χ0v) is 15.7. The van der Waals surface area contributed by atoms with Crippen molar-refractivity contribution in [1.82, 2.24) is 14.6 Å². The average molecular weight is 394 g/mol. The Morgan fingerprint density at radius 1 is 1.42 bits per heavy atom. The molecule has 0 aliphatic carbocycles. The molecule has 1 amide bonds. The molecule has 1 aromatic heterocycles. The molecule has 2 heterocycles. The lowest BCUT2D eigenvalue weighted by molar-refractivity contribution is -0.119. The van der Waals surface area contributed by atoms with Gasteiger partial charge >= 0.3 is 0 Å². The van der Waals surface area contributed by atoms with Crippen molar-refractivity contribution < 1.29 is 21.6 Å². The van der Waals surface area contributed by atoms with Crippen molar-refractivity contribution >= 4 is 37.5 Å². The Hall–Kier alpha value is -1.17. The number of carbonyl (C=O) groups is 1. The monoisotopic (exact) mass is 393 g/mol. The van der Waals surface area contributed by atoms with Gasteiger partial charge in [0.2, 0.25) is 15.9 Å². The highest BCUT2D eigenvalue weighted by atomic mass is 32.2. The van der Waals surface area contributed by atoms with Gasteiger partial charge in [-0.2, -0.15) is 0 Å². The van der Waals surface area contributed by atoms with Gasteiger partial charge in [-0.1, -0.05) is 11.8 Å². The highest BCUT2D eigenvalue weighted by Crippen LogP contribution is 2.19. The van der Waals surface area contributed by atoms with Crippen molar-refractivity contribution in [2.75, 3.05) is 31.4 Å². The van der Waals surface area contributed by atoms with E-state index in [1.807, 2.05) is 0 Å². The van der Waals surface area contributed by atoms with E-state index in [0.717, 1.165) is 16.1 Å². The number of aromatic nitrogens is 1. The van der Waals surface area contributed by atoms with Gasteiger partial charge in [0.05, 0.1) is 22.3 Å². The first-order chi connectivity index (χ1) is 11.1. The Morgan fingerprint density at radius 2 is 2.12 bits per heavy atom. The lowest BCUT2D eigenvalue weighted by Crippen LogP contribution is -2.36. The van der Waals surface area contributed by atoms with Crippen LogP contribution in [0.1, 0.15) is 6.42 Å². The van der Waals surface area contributed by atoms with Crippen molar-refractivity contribution in [3.63, 3.8) is 0 Å². The second kappa shape index (κ2) is 7.38. The van der Waals surface area contributed by atoms with Crippen LogP contribution in [0.15, 0.2) is 28.3 Å². The van der Waals surface area contributed by atoms with E-state index in [1.165, 1.54) is 32.4 Å². The maximum absolute atomic E-state index is 11.9. The molecule has 1 N–H and O–H groups in total. The van der Waals surface area contributed by atoms with Gasteiger partial charge in [-0.25, -0.2) is 26.1 Å². The molecule has 0 saturated carbocycles. The van der Waals surface area contributed by atoms with E-state index in [9.17, 15) is 21.6 Å². The fraction of sp³-hybridized carbons (Fsp3) is 0.538. The van der Waals surface area contributed by atoms with Crippen molar-refractivity contribution in [3.8, 4) is 0 Å². The van der Waals surface area contributed by atoms with E-state index in [0.29, 0.717) is 11.4 Å². The Kier molecular flexibility index (Phi) is 5.89. The van der Waals surface area contributed by atoms with E-state index in [1.54, 1.807) is 0 Å². The molecular weight excluding hydrogens is 374 g/mol. The van der Waals surface area contributed by atoms with Gasteiger partial charge in [-0.05, 0) is 18.6 Å². The molecule has 1 aliphatic heterocycles. The van der Waals surface area contributed by atoms with Crippen molar-refractivity contribution in [1.29, 1.82) is 0 Å². The van der Waals surface area contributed by atoms with Crippen molar-refractivity contribution in [3.05, 3.63) is 18.3 Å².